The van der Waals surface area contributed by atoms with Crippen LogP contribution >= 0.6 is 0 Å². The first kappa shape index (κ1) is 16.5. The summed E-state index contributed by atoms with van der Waals surface area (Å²) < 4.78 is 0. The third-order valence-electron chi connectivity index (χ3n) is 4.47. The summed E-state index contributed by atoms with van der Waals surface area (Å²) in [6.07, 6.45) is 6.76. The highest BCUT2D eigenvalue weighted by atomic mass is 15.0. The van der Waals surface area contributed by atoms with Gasteiger partial charge in [-0.1, -0.05) is 60.7 Å². The van der Waals surface area contributed by atoms with E-state index >= 15 is 0 Å². The minimum absolute atomic E-state index is 0.262. The number of allylic oxidation sites excluding steroid dienone is 3. The molecule has 2 nitrogen and oxygen atoms in total. The summed E-state index contributed by atoms with van der Waals surface area (Å²) >= 11 is 0. The van der Waals surface area contributed by atoms with E-state index in [1.165, 1.54) is 16.7 Å². The number of anilines is 1. The van der Waals surface area contributed by atoms with Gasteiger partial charge in [0.2, 0.25) is 0 Å². The number of nitrogens with zero attached hydrogens (tertiary/aromatic N) is 1. The van der Waals surface area contributed by atoms with Crippen molar-refractivity contribution in [2.75, 3.05) is 26.0 Å². The first-order valence-corrected chi connectivity index (χ1v) is 8.57. The number of hydrogen-bond donors (Lipinski definition) is 1. The Morgan fingerprint density at radius 2 is 1.71 bits per heavy atom. The molecule has 0 heterocycles. The zero-order valence-corrected chi connectivity index (χ0v) is 14.7. The molecule has 3 rings (SSSR count). The van der Waals surface area contributed by atoms with E-state index in [1.807, 2.05) is 6.07 Å². The smallest absolute Gasteiger partial charge is 0.0488 e. The van der Waals surface area contributed by atoms with Gasteiger partial charge in [0.15, 0.2) is 0 Å². The van der Waals surface area contributed by atoms with E-state index in [2.05, 4.69) is 98.0 Å². The van der Waals surface area contributed by atoms with E-state index in [0.717, 1.165) is 12.2 Å². The lowest BCUT2D eigenvalue weighted by molar-refractivity contribution is 0.439. The van der Waals surface area contributed by atoms with Gasteiger partial charge in [0.1, 0.15) is 0 Å². The van der Waals surface area contributed by atoms with Gasteiger partial charge in [0.05, 0.1) is 0 Å². The molecular formula is C22H26N2. The molecule has 0 aliphatic heterocycles. The number of benzene rings is 2. The largest absolute Gasteiger partial charge is 0.379 e. The third-order valence-corrected chi connectivity index (χ3v) is 4.47. The van der Waals surface area contributed by atoms with Crippen molar-refractivity contribution in [1.82, 2.24) is 4.90 Å². The Kier molecular flexibility index (Phi) is 5.17. The molecular weight excluding hydrogens is 292 g/mol. The first-order chi connectivity index (χ1) is 11.6. The standard InChI is InChI=1S/C22H26N2/c1-17(23-19-11-5-4-6-12-19)20-13-7-8-14-22(20)21-15-9-10-18(21)16-24(2)3/h4-15,17,21,23H,16H2,1-3H3. The molecule has 0 bridgehead atoms. The lowest BCUT2D eigenvalue weighted by Gasteiger charge is -2.24. The normalized spacial score (nSPS) is 17.8. The van der Waals surface area contributed by atoms with Crippen molar-refractivity contribution in [3.63, 3.8) is 0 Å². The van der Waals surface area contributed by atoms with Gasteiger partial charge in [0, 0.05) is 24.2 Å². The topological polar surface area (TPSA) is 15.3 Å². The fourth-order valence-corrected chi connectivity index (χ4v) is 3.39. The van der Waals surface area contributed by atoms with Gasteiger partial charge in [-0.2, -0.15) is 0 Å². The summed E-state index contributed by atoms with van der Waals surface area (Å²) in [6, 6.07) is 19.5. The quantitative estimate of drug-likeness (QED) is 0.806. The Morgan fingerprint density at radius 1 is 1.00 bits per heavy atom. The lowest BCUT2D eigenvalue weighted by Crippen LogP contribution is -2.18. The molecule has 2 unspecified atom stereocenters. The Hall–Kier alpha value is -2.32. The monoisotopic (exact) mass is 318 g/mol. The van der Waals surface area contributed by atoms with Crippen molar-refractivity contribution in [1.29, 1.82) is 0 Å². The molecule has 0 saturated heterocycles. The van der Waals surface area contributed by atoms with Crippen LogP contribution in [0, 0.1) is 0 Å². The van der Waals surface area contributed by atoms with E-state index in [1.54, 1.807) is 0 Å². The van der Waals surface area contributed by atoms with Crippen LogP contribution in [0.1, 0.15) is 30.0 Å². The number of hydrogen-bond acceptors (Lipinski definition) is 2. The molecule has 0 radical (unpaired) electrons. The minimum atomic E-state index is 0.262. The van der Waals surface area contributed by atoms with E-state index in [0.29, 0.717) is 5.92 Å². The zero-order valence-electron chi connectivity index (χ0n) is 14.7. The first-order valence-electron chi connectivity index (χ1n) is 8.57. The molecule has 0 spiro atoms. The Labute approximate surface area is 145 Å². The van der Waals surface area contributed by atoms with Gasteiger partial charge >= 0.3 is 0 Å². The predicted molar refractivity (Wildman–Crippen MR) is 103 cm³/mol. The van der Waals surface area contributed by atoms with Crippen molar-refractivity contribution in [2.45, 2.75) is 18.9 Å². The molecule has 1 N–H and O–H groups in total. The van der Waals surface area contributed by atoms with Crippen LogP contribution in [0.3, 0.4) is 0 Å². The molecule has 0 aromatic heterocycles. The van der Waals surface area contributed by atoms with E-state index < -0.39 is 0 Å². The second-order valence-electron chi connectivity index (χ2n) is 6.70. The van der Waals surface area contributed by atoms with E-state index in [-0.39, 0.29) is 6.04 Å². The van der Waals surface area contributed by atoms with Crippen molar-refractivity contribution in [2.24, 2.45) is 0 Å². The molecule has 0 amide bonds. The van der Waals surface area contributed by atoms with Gasteiger partial charge in [-0.3, -0.25) is 0 Å². The molecule has 24 heavy (non-hydrogen) atoms. The zero-order chi connectivity index (χ0) is 16.9. The minimum Gasteiger partial charge on any atom is -0.379 e. The summed E-state index contributed by atoms with van der Waals surface area (Å²) in [5.41, 5.74) is 5.38. The van der Waals surface area contributed by atoms with Crippen LogP contribution in [0.15, 0.2) is 78.4 Å². The second kappa shape index (κ2) is 7.50. The van der Waals surface area contributed by atoms with E-state index in [4.69, 9.17) is 0 Å². The van der Waals surface area contributed by atoms with E-state index in [9.17, 15) is 0 Å². The Morgan fingerprint density at radius 3 is 2.46 bits per heavy atom. The van der Waals surface area contributed by atoms with Crippen molar-refractivity contribution < 1.29 is 0 Å². The summed E-state index contributed by atoms with van der Waals surface area (Å²) in [4.78, 5) is 2.24. The van der Waals surface area contributed by atoms with Crippen LogP contribution in [0.2, 0.25) is 0 Å². The van der Waals surface area contributed by atoms with Crippen molar-refractivity contribution in [3.8, 4) is 0 Å². The maximum absolute atomic E-state index is 3.62. The highest BCUT2D eigenvalue weighted by Crippen LogP contribution is 2.35. The average molecular weight is 318 g/mol. The summed E-state index contributed by atoms with van der Waals surface area (Å²) in [5, 5.41) is 3.62. The van der Waals surface area contributed by atoms with Gasteiger partial charge in [-0.15, -0.1) is 0 Å². The summed E-state index contributed by atoms with van der Waals surface area (Å²) in [5.74, 6) is 0.378. The second-order valence-corrected chi connectivity index (χ2v) is 6.70. The number of likely N-dealkylation sites (N-methyl/N-ethyl adjacent to an activating group) is 1. The Bertz CT molecular complexity index is 729. The fraction of sp³-hybridized carbons (Fsp3) is 0.273. The van der Waals surface area contributed by atoms with Crippen molar-refractivity contribution in [3.05, 3.63) is 89.5 Å². The van der Waals surface area contributed by atoms with Crippen LogP contribution in [0.4, 0.5) is 5.69 Å². The molecule has 2 atom stereocenters. The van der Waals surface area contributed by atoms with Crippen molar-refractivity contribution >= 4 is 5.69 Å². The average Bonchev–Trinajstić information content (AvgIpc) is 3.03. The third kappa shape index (κ3) is 3.77. The molecule has 1 aliphatic rings. The number of nitrogens with one attached hydrogen (secondary N) is 1. The maximum Gasteiger partial charge on any atom is 0.0488 e. The van der Waals surface area contributed by atoms with Gasteiger partial charge < -0.3 is 10.2 Å². The number of para-hydroxylation sites is 1. The highest BCUT2D eigenvalue weighted by Gasteiger charge is 2.22. The summed E-state index contributed by atoms with van der Waals surface area (Å²) in [7, 11) is 4.25. The lowest BCUT2D eigenvalue weighted by atomic mass is 9.87. The Balaban J connectivity index is 1.85. The van der Waals surface area contributed by atoms with Gasteiger partial charge in [-0.05, 0) is 49.9 Å². The fourth-order valence-electron chi connectivity index (χ4n) is 3.39. The van der Waals surface area contributed by atoms with Crippen LogP contribution in [-0.2, 0) is 0 Å². The molecule has 124 valence electrons. The summed E-state index contributed by atoms with van der Waals surface area (Å²) in [6.45, 7) is 3.23. The number of rotatable bonds is 6. The molecule has 2 heteroatoms. The maximum atomic E-state index is 3.62. The molecule has 2 aromatic rings. The highest BCUT2D eigenvalue weighted by molar-refractivity contribution is 5.50. The molecule has 1 aliphatic carbocycles. The molecule has 0 fully saturated rings. The predicted octanol–water partition coefficient (Wildman–Crippen LogP) is 5.00. The molecule has 2 aromatic carbocycles. The molecule has 0 saturated carbocycles. The van der Waals surface area contributed by atoms with Crippen LogP contribution in [0.5, 0.6) is 0 Å². The van der Waals surface area contributed by atoms with Crippen LogP contribution in [-0.4, -0.2) is 25.5 Å². The van der Waals surface area contributed by atoms with Crippen LogP contribution < -0.4 is 5.32 Å². The SMILES string of the molecule is CC(Nc1ccccc1)c1ccccc1C1C=CC=C1CN(C)C. The van der Waals surface area contributed by atoms with Gasteiger partial charge in [-0.25, -0.2) is 0 Å². The van der Waals surface area contributed by atoms with Crippen LogP contribution in [0.25, 0.3) is 0 Å². The van der Waals surface area contributed by atoms with Gasteiger partial charge in [0.25, 0.3) is 0 Å².